The summed E-state index contributed by atoms with van der Waals surface area (Å²) < 4.78 is 43.0. The molecule has 0 aliphatic carbocycles. The summed E-state index contributed by atoms with van der Waals surface area (Å²) in [4.78, 5) is 10.7. The van der Waals surface area contributed by atoms with Crippen LogP contribution in [0.2, 0.25) is 0 Å². The fraction of sp³-hybridized carbons (Fsp3) is 0.300. The highest BCUT2D eigenvalue weighted by molar-refractivity contribution is 9.10. The first-order chi connectivity index (χ1) is 7.40. The van der Waals surface area contributed by atoms with E-state index >= 15 is 0 Å². The summed E-state index contributed by atoms with van der Waals surface area (Å²) in [6, 6.07) is 2.17. The minimum absolute atomic E-state index is 0.0611. The van der Waals surface area contributed by atoms with Gasteiger partial charge < -0.3 is 4.74 Å². The predicted octanol–water partition coefficient (Wildman–Crippen LogP) is 3.68. The van der Waals surface area contributed by atoms with Gasteiger partial charge in [-0.3, -0.25) is 4.79 Å². The molecule has 1 rings (SSSR count). The van der Waals surface area contributed by atoms with E-state index in [-0.39, 0.29) is 16.6 Å². The Hall–Kier alpha value is -1.04. The van der Waals surface area contributed by atoms with Crippen molar-refractivity contribution in [2.45, 2.75) is 13.1 Å². The predicted molar refractivity (Wildman–Crippen MR) is 55.7 cm³/mol. The molecule has 6 heteroatoms. The lowest BCUT2D eigenvalue weighted by Gasteiger charge is -2.15. The van der Waals surface area contributed by atoms with Crippen LogP contribution in [0, 0.1) is 0 Å². The van der Waals surface area contributed by atoms with E-state index in [4.69, 9.17) is 4.74 Å². The molecule has 0 saturated heterocycles. The van der Waals surface area contributed by atoms with Crippen LogP contribution in [0.15, 0.2) is 16.6 Å². The van der Waals surface area contributed by atoms with Crippen LogP contribution in [0.5, 0.6) is 5.75 Å². The van der Waals surface area contributed by atoms with Crippen LogP contribution < -0.4 is 4.74 Å². The Balaban J connectivity index is 3.44. The molecule has 0 bridgehead atoms. The monoisotopic (exact) mass is 296 g/mol. The Morgan fingerprint density at radius 1 is 1.44 bits per heavy atom. The molecule has 0 spiro atoms. The summed E-state index contributed by atoms with van der Waals surface area (Å²) >= 11 is 2.92. The van der Waals surface area contributed by atoms with Crippen LogP contribution in [-0.4, -0.2) is 12.9 Å². The molecule has 0 aromatic heterocycles. The van der Waals surface area contributed by atoms with Gasteiger partial charge >= 0.3 is 6.18 Å². The average molecular weight is 297 g/mol. The lowest BCUT2D eigenvalue weighted by molar-refractivity contribution is -0.139. The van der Waals surface area contributed by atoms with Crippen LogP contribution in [0.25, 0.3) is 0 Å². The molecule has 0 heterocycles. The third-order valence-corrected chi connectivity index (χ3v) is 2.26. The maximum absolute atomic E-state index is 12.7. The molecule has 0 N–H and O–H groups in total. The van der Waals surface area contributed by atoms with Crippen molar-refractivity contribution in [1.29, 1.82) is 0 Å². The van der Waals surface area contributed by atoms with E-state index in [9.17, 15) is 18.0 Å². The van der Waals surface area contributed by atoms with E-state index in [1.165, 1.54) is 6.07 Å². The normalized spacial score (nSPS) is 11.3. The maximum atomic E-state index is 12.7. The third-order valence-electron chi connectivity index (χ3n) is 1.80. The maximum Gasteiger partial charge on any atom is 0.420 e. The van der Waals surface area contributed by atoms with Crippen molar-refractivity contribution in [2.75, 3.05) is 6.61 Å². The molecule has 0 aliphatic heterocycles. The molecule has 0 amide bonds. The van der Waals surface area contributed by atoms with Crippen molar-refractivity contribution in [3.63, 3.8) is 0 Å². The number of alkyl halides is 3. The van der Waals surface area contributed by atoms with Gasteiger partial charge in [-0.15, -0.1) is 0 Å². The summed E-state index contributed by atoms with van der Waals surface area (Å²) in [5.41, 5.74) is -1.07. The van der Waals surface area contributed by atoms with Crippen molar-refractivity contribution in [1.82, 2.24) is 0 Å². The van der Waals surface area contributed by atoms with Crippen molar-refractivity contribution in [3.05, 3.63) is 27.7 Å². The first-order valence-corrected chi connectivity index (χ1v) is 5.18. The smallest absolute Gasteiger partial charge is 0.420 e. The Morgan fingerprint density at radius 2 is 2.06 bits per heavy atom. The Labute approximate surface area is 98.5 Å². The zero-order valence-corrected chi connectivity index (χ0v) is 9.85. The Kier molecular flexibility index (Phi) is 3.96. The Bertz CT molecular complexity index is 402. The second kappa shape index (κ2) is 4.86. The molecule has 2 nitrogen and oxygen atoms in total. The average Bonchev–Trinajstić information content (AvgIpc) is 2.18. The summed E-state index contributed by atoms with van der Waals surface area (Å²) in [5.74, 6) is -0.423. The Morgan fingerprint density at radius 3 is 2.50 bits per heavy atom. The fourth-order valence-electron chi connectivity index (χ4n) is 1.22. The van der Waals surface area contributed by atoms with Gasteiger partial charge in [-0.1, -0.05) is 15.9 Å². The van der Waals surface area contributed by atoms with Gasteiger partial charge in [-0.25, -0.2) is 0 Å². The van der Waals surface area contributed by atoms with Gasteiger partial charge in [0.1, 0.15) is 5.75 Å². The molecular weight excluding hydrogens is 289 g/mol. The quantitative estimate of drug-likeness (QED) is 0.796. The van der Waals surface area contributed by atoms with Crippen molar-refractivity contribution < 1.29 is 22.7 Å². The number of hydrogen-bond acceptors (Lipinski definition) is 2. The van der Waals surface area contributed by atoms with Gasteiger partial charge in [0.05, 0.1) is 17.7 Å². The van der Waals surface area contributed by atoms with Crippen LogP contribution in [-0.2, 0) is 6.18 Å². The zero-order chi connectivity index (χ0) is 12.3. The van der Waals surface area contributed by atoms with Gasteiger partial charge in [-0.2, -0.15) is 13.2 Å². The molecule has 0 fully saturated rings. The zero-order valence-electron chi connectivity index (χ0n) is 8.27. The van der Waals surface area contributed by atoms with Gasteiger partial charge in [0.2, 0.25) is 0 Å². The second-order valence-electron chi connectivity index (χ2n) is 2.92. The molecule has 0 unspecified atom stereocenters. The minimum Gasteiger partial charge on any atom is -0.492 e. The van der Waals surface area contributed by atoms with Crippen LogP contribution in [0.1, 0.15) is 22.8 Å². The summed E-state index contributed by atoms with van der Waals surface area (Å²) in [5, 5.41) is 0. The number of benzene rings is 1. The lowest BCUT2D eigenvalue weighted by Crippen LogP contribution is -2.10. The number of hydrogen-bond donors (Lipinski definition) is 0. The van der Waals surface area contributed by atoms with Crippen molar-refractivity contribution >= 4 is 22.2 Å². The number of aldehydes is 1. The second-order valence-corrected chi connectivity index (χ2v) is 3.84. The van der Waals surface area contributed by atoms with E-state index in [1.807, 2.05) is 0 Å². The lowest BCUT2D eigenvalue weighted by atomic mass is 10.1. The first-order valence-electron chi connectivity index (χ1n) is 4.38. The topological polar surface area (TPSA) is 26.3 Å². The summed E-state index contributed by atoms with van der Waals surface area (Å²) in [6.45, 7) is 1.61. The van der Waals surface area contributed by atoms with Gasteiger partial charge in [-0.05, 0) is 19.1 Å². The molecule has 1 aromatic rings. The number of carbonyl (C=O) groups excluding carboxylic acids is 1. The number of rotatable bonds is 3. The molecule has 0 atom stereocenters. The SMILES string of the molecule is CCOc1c(C=O)cc(Br)cc1C(F)(F)F. The highest BCUT2D eigenvalue weighted by Crippen LogP contribution is 2.39. The van der Waals surface area contributed by atoms with Crippen LogP contribution in [0.3, 0.4) is 0 Å². The number of halogens is 4. The molecule has 0 aliphatic rings. The summed E-state index contributed by atoms with van der Waals surface area (Å²) in [6.07, 6.45) is -4.21. The number of ether oxygens (including phenoxy) is 1. The molecule has 16 heavy (non-hydrogen) atoms. The van der Waals surface area contributed by atoms with Crippen LogP contribution in [0.4, 0.5) is 13.2 Å². The minimum atomic E-state index is -4.55. The van der Waals surface area contributed by atoms with Crippen molar-refractivity contribution in [3.8, 4) is 5.75 Å². The molecular formula is C10H8BrF3O2. The largest absolute Gasteiger partial charge is 0.492 e. The molecule has 0 saturated carbocycles. The van der Waals surface area contributed by atoms with Crippen molar-refractivity contribution in [2.24, 2.45) is 0 Å². The summed E-state index contributed by atoms with van der Waals surface area (Å²) in [7, 11) is 0. The van der Waals surface area contributed by atoms with E-state index in [2.05, 4.69) is 15.9 Å². The highest BCUT2D eigenvalue weighted by Gasteiger charge is 2.35. The first kappa shape index (κ1) is 13.0. The van der Waals surface area contributed by atoms with Crippen LogP contribution >= 0.6 is 15.9 Å². The van der Waals surface area contributed by atoms with E-state index < -0.39 is 17.5 Å². The van der Waals surface area contributed by atoms with Gasteiger partial charge in [0.15, 0.2) is 6.29 Å². The standard InChI is InChI=1S/C10H8BrF3O2/c1-2-16-9-6(5-15)3-7(11)4-8(9)10(12,13)14/h3-5H,2H2,1H3. The van der Waals surface area contributed by atoms with E-state index in [0.717, 1.165) is 6.07 Å². The van der Waals surface area contributed by atoms with Gasteiger partial charge in [0.25, 0.3) is 0 Å². The molecule has 0 radical (unpaired) electrons. The fourth-order valence-corrected chi connectivity index (χ4v) is 1.69. The molecule has 88 valence electrons. The van der Waals surface area contributed by atoms with E-state index in [1.54, 1.807) is 6.92 Å². The highest BCUT2D eigenvalue weighted by atomic mass is 79.9. The van der Waals surface area contributed by atoms with E-state index in [0.29, 0.717) is 6.29 Å². The van der Waals surface area contributed by atoms with Gasteiger partial charge in [0, 0.05) is 4.47 Å². The molecule has 1 aromatic carbocycles. The third kappa shape index (κ3) is 2.75. The number of carbonyl (C=O) groups is 1.